The molecular weight excluding hydrogens is 296 g/mol. The van der Waals surface area contributed by atoms with E-state index in [9.17, 15) is 9.90 Å². The Labute approximate surface area is 132 Å². The summed E-state index contributed by atoms with van der Waals surface area (Å²) in [5, 5.41) is 13.4. The molecular formula is C17H14N2O2S. The summed E-state index contributed by atoms with van der Waals surface area (Å²) in [5.41, 5.74) is 2.02. The molecule has 0 bridgehead atoms. The summed E-state index contributed by atoms with van der Waals surface area (Å²) in [5.74, 6) is -0.0332. The number of anilines is 1. The van der Waals surface area contributed by atoms with E-state index >= 15 is 0 Å². The predicted molar refractivity (Wildman–Crippen MR) is 88.3 cm³/mol. The number of hydrogen-bond donors (Lipinski definition) is 2. The fourth-order valence-electron chi connectivity index (χ4n) is 2.09. The van der Waals surface area contributed by atoms with Crippen molar-refractivity contribution in [3.8, 4) is 16.3 Å². The number of amides is 1. The molecule has 0 aliphatic carbocycles. The summed E-state index contributed by atoms with van der Waals surface area (Å²) in [7, 11) is 0. The van der Waals surface area contributed by atoms with Gasteiger partial charge in [0, 0.05) is 5.69 Å². The van der Waals surface area contributed by atoms with Gasteiger partial charge in [0.1, 0.15) is 15.6 Å². The number of aromatic nitrogens is 1. The average molecular weight is 310 g/mol. The zero-order valence-corrected chi connectivity index (χ0v) is 12.7. The third-order valence-electron chi connectivity index (χ3n) is 3.17. The Kier molecular flexibility index (Phi) is 3.89. The van der Waals surface area contributed by atoms with Gasteiger partial charge in [0.15, 0.2) is 0 Å². The van der Waals surface area contributed by atoms with Crippen LogP contribution in [0.2, 0.25) is 0 Å². The highest BCUT2D eigenvalue weighted by Gasteiger charge is 2.17. The zero-order valence-electron chi connectivity index (χ0n) is 11.9. The van der Waals surface area contributed by atoms with Gasteiger partial charge >= 0.3 is 0 Å². The van der Waals surface area contributed by atoms with E-state index in [2.05, 4.69) is 10.3 Å². The van der Waals surface area contributed by atoms with Gasteiger partial charge in [-0.05, 0) is 31.2 Å². The van der Waals surface area contributed by atoms with E-state index in [1.165, 1.54) is 11.3 Å². The van der Waals surface area contributed by atoms with Gasteiger partial charge < -0.3 is 10.4 Å². The maximum absolute atomic E-state index is 12.4. The Bertz CT molecular complexity index is 813. The molecule has 0 radical (unpaired) electrons. The molecule has 2 aromatic carbocycles. The van der Waals surface area contributed by atoms with E-state index in [-0.39, 0.29) is 11.7 Å². The number of thiazole rings is 1. The van der Waals surface area contributed by atoms with Gasteiger partial charge in [-0.3, -0.25) is 4.79 Å². The van der Waals surface area contributed by atoms with Crippen molar-refractivity contribution in [3.63, 3.8) is 0 Å². The Balaban J connectivity index is 1.90. The maximum Gasteiger partial charge on any atom is 0.267 e. The highest BCUT2D eigenvalue weighted by Crippen LogP contribution is 2.33. The fraction of sp³-hybridized carbons (Fsp3) is 0.0588. The molecule has 0 aliphatic heterocycles. The number of para-hydroxylation sites is 2. The number of rotatable bonds is 3. The van der Waals surface area contributed by atoms with Crippen molar-refractivity contribution in [2.24, 2.45) is 0 Å². The second kappa shape index (κ2) is 5.99. The van der Waals surface area contributed by atoms with Gasteiger partial charge in [-0.2, -0.15) is 0 Å². The standard InChI is InChI=1S/C17H14N2O2S/c1-11-15(16(21)19-12-7-3-2-4-8-12)22-17(18-11)13-9-5-6-10-14(13)20/h2-10,20H,1H3,(H,19,21). The number of aromatic hydroxyl groups is 1. The summed E-state index contributed by atoms with van der Waals surface area (Å²) >= 11 is 1.27. The summed E-state index contributed by atoms with van der Waals surface area (Å²) < 4.78 is 0. The molecule has 110 valence electrons. The molecule has 0 saturated heterocycles. The van der Waals surface area contributed by atoms with E-state index in [4.69, 9.17) is 0 Å². The fourth-order valence-corrected chi connectivity index (χ4v) is 3.08. The number of phenolic OH excluding ortho intramolecular Hbond substituents is 1. The second-order valence-corrected chi connectivity index (χ2v) is 5.77. The third-order valence-corrected chi connectivity index (χ3v) is 4.36. The van der Waals surface area contributed by atoms with Gasteiger partial charge in [-0.1, -0.05) is 30.3 Å². The van der Waals surface area contributed by atoms with Crippen LogP contribution in [0.3, 0.4) is 0 Å². The number of nitrogens with zero attached hydrogens (tertiary/aromatic N) is 1. The lowest BCUT2D eigenvalue weighted by atomic mass is 10.2. The van der Waals surface area contributed by atoms with Gasteiger partial charge in [0.2, 0.25) is 0 Å². The first kappa shape index (κ1) is 14.3. The van der Waals surface area contributed by atoms with Crippen molar-refractivity contribution in [1.29, 1.82) is 0 Å². The monoisotopic (exact) mass is 310 g/mol. The van der Waals surface area contributed by atoms with Crippen molar-refractivity contribution < 1.29 is 9.90 Å². The first-order valence-corrected chi connectivity index (χ1v) is 7.59. The number of benzene rings is 2. The molecule has 1 amide bonds. The van der Waals surface area contributed by atoms with Crippen LogP contribution in [0.5, 0.6) is 5.75 Å². The lowest BCUT2D eigenvalue weighted by Crippen LogP contribution is -2.11. The molecule has 1 aromatic heterocycles. The van der Waals surface area contributed by atoms with Crippen LogP contribution < -0.4 is 5.32 Å². The quantitative estimate of drug-likeness (QED) is 0.766. The normalized spacial score (nSPS) is 10.4. The molecule has 5 heteroatoms. The molecule has 0 fully saturated rings. The molecule has 0 aliphatic rings. The highest BCUT2D eigenvalue weighted by molar-refractivity contribution is 7.17. The number of carbonyl (C=O) groups excluding carboxylic acids is 1. The number of aryl methyl sites for hydroxylation is 1. The molecule has 0 spiro atoms. The van der Waals surface area contributed by atoms with Crippen LogP contribution in [0.4, 0.5) is 5.69 Å². The van der Waals surface area contributed by atoms with Crippen molar-refractivity contribution >= 4 is 22.9 Å². The van der Waals surface area contributed by atoms with Crippen LogP contribution in [-0.2, 0) is 0 Å². The van der Waals surface area contributed by atoms with E-state index in [0.29, 0.717) is 21.1 Å². The molecule has 3 aromatic rings. The zero-order chi connectivity index (χ0) is 15.5. The van der Waals surface area contributed by atoms with Crippen LogP contribution in [0.1, 0.15) is 15.4 Å². The molecule has 4 nitrogen and oxygen atoms in total. The molecule has 0 saturated carbocycles. The summed E-state index contributed by atoms with van der Waals surface area (Å²) in [4.78, 5) is 17.3. The number of hydrogen-bond acceptors (Lipinski definition) is 4. The second-order valence-electron chi connectivity index (χ2n) is 4.77. The highest BCUT2D eigenvalue weighted by atomic mass is 32.1. The largest absolute Gasteiger partial charge is 0.507 e. The van der Waals surface area contributed by atoms with Gasteiger partial charge in [0.05, 0.1) is 11.3 Å². The minimum Gasteiger partial charge on any atom is -0.507 e. The number of phenols is 1. The molecule has 1 heterocycles. The number of nitrogens with one attached hydrogen (secondary N) is 1. The van der Waals surface area contributed by atoms with Crippen molar-refractivity contribution in [1.82, 2.24) is 4.98 Å². The van der Waals surface area contributed by atoms with Gasteiger partial charge in [-0.25, -0.2) is 4.98 Å². The topological polar surface area (TPSA) is 62.2 Å². The van der Waals surface area contributed by atoms with Gasteiger partial charge in [0.25, 0.3) is 5.91 Å². The van der Waals surface area contributed by atoms with Crippen LogP contribution in [0.25, 0.3) is 10.6 Å². The van der Waals surface area contributed by atoms with Crippen molar-refractivity contribution in [2.75, 3.05) is 5.32 Å². The van der Waals surface area contributed by atoms with Crippen molar-refractivity contribution in [2.45, 2.75) is 6.92 Å². The lowest BCUT2D eigenvalue weighted by Gasteiger charge is -2.03. The molecule has 0 atom stereocenters. The first-order chi connectivity index (χ1) is 10.6. The Morgan fingerprint density at radius 1 is 1.09 bits per heavy atom. The molecule has 0 unspecified atom stereocenters. The van der Waals surface area contributed by atoms with Gasteiger partial charge in [-0.15, -0.1) is 11.3 Å². The van der Waals surface area contributed by atoms with Crippen molar-refractivity contribution in [3.05, 3.63) is 65.2 Å². The predicted octanol–water partition coefficient (Wildman–Crippen LogP) is 4.08. The summed E-state index contributed by atoms with van der Waals surface area (Å²) in [6.45, 7) is 1.79. The Hall–Kier alpha value is -2.66. The van der Waals surface area contributed by atoms with E-state index < -0.39 is 0 Å². The SMILES string of the molecule is Cc1nc(-c2ccccc2O)sc1C(=O)Nc1ccccc1. The lowest BCUT2D eigenvalue weighted by molar-refractivity contribution is 0.103. The molecule has 22 heavy (non-hydrogen) atoms. The Morgan fingerprint density at radius 3 is 2.50 bits per heavy atom. The van der Waals surface area contributed by atoms with Crippen LogP contribution >= 0.6 is 11.3 Å². The Morgan fingerprint density at radius 2 is 1.77 bits per heavy atom. The minimum atomic E-state index is -0.192. The average Bonchev–Trinajstić information content (AvgIpc) is 2.90. The summed E-state index contributed by atoms with van der Waals surface area (Å²) in [6, 6.07) is 16.3. The first-order valence-electron chi connectivity index (χ1n) is 6.77. The number of carbonyl (C=O) groups is 1. The smallest absolute Gasteiger partial charge is 0.267 e. The van der Waals surface area contributed by atoms with E-state index in [1.54, 1.807) is 25.1 Å². The van der Waals surface area contributed by atoms with E-state index in [1.807, 2.05) is 36.4 Å². The molecule has 2 N–H and O–H groups in total. The maximum atomic E-state index is 12.4. The van der Waals surface area contributed by atoms with Crippen LogP contribution in [0.15, 0.2) is 54.6 Å². The minimum absolute atomic E-state index is 0.159. The van der Waals surface area contributed by atoms with Crippen LogP contribution in [-0.4, -0.2) is 16.0 Å². The van der Waals surface area contributed by atoms with Crippen LogP contribution in [0, 0.1) is 6.92 Å². The summed E-state index contributed by atoms with van der Waals surface area (Å²) in [6.07, 6.45) is 0. The van der Waals surface area contributed by atoms with E-state index in [0.717, 1.165) is 5.69 Å². The molecule has 3 rings (SSSR count). The third kappa shape index (κ3) is 2.84.